The Morgan fingerprint density at radius 1 is 1.62 bits per heavy atom. The second-order valence-corrected chi connectivity index (χ2v) is 9.99. The van der Waals surface area contributed by atoms with Gasteiger partial charge < -0.3 is 0 Å². The number of nitrogens with zero attached hydrogens (tertiary/aromatic N) is 1. The molecule has 0 saturated heterocycles. The first-order chi connectivity index (χ1) is 3.55. The third-order valence-electron chi connectivity index (χ3n) is 0.490. The summed E-state index contributed by atoms with van der Waals surface area (Å²) in [6.07, 6.45) is -0.735. The van der Waals surface area contributed by atoms with E-state index >= 15 is 0 Å². The minimum absolute atomic E-state index is 0.735. The Bertz CT molecular complexity index is 62.3. The normalized spacial score (nSPS) is 14.2. The van der Waals surface area contributed by atoms with Crippen LogP contribution in [0.2, 0.25) is 0 Å². The first-order valence-corrected chi connectivity index (χ1v) is 9.63. The molecule has 0 fully saturated rings. The van der Waals surface area contributed by atoms with Crippen molar-refractivity contribution in [3.8, 4) is 0 Å². The molecular formula is C2H5Cl3NOZr. The molecule has 0 aromatic rings. The summed E-state index contributed by atoms with van der Waals surface area (Å²) in [6, 6.07) is 0. The molecular weight excluding hydrogens is 252 g/mol. The number of halogens is 3. The van der Waals surface area contributed by atoms with Gasteiger partial charge in [0.15, 0.2) is 0 Å². The third kappa shape index (κ3) is 3.65. The van der Waals surface area contributed by atoms with E-state index in [1.807, 2.05) is 0 Å². The van der Waals surface area contributed by atoms with Crippen molar-refractivity contribution in [3.63, 3.8) is 0 Å². The van der Waals surface area contributed by atoms with Gasteiger partial charge in [-0.2, -0.15) is 0 Å². The van der Waals surface area contributed by atoms with Crippen LogP contribution >= 0.6 is 28.8 Å². The van der Waals surface area contributed by atoms with E-state index in [-0.39, 0.29) is 0 Å². The molecule has 0 saturated carbocycles. The van der Waals surface area contributed by atoms with Gasteiger partial charge in [0.1, 0.15) is 0 Å². The van der Waals surface area contributed by atoms with Gasteiger partial charge in [-0.15, -0.1) is 0 Å². The van der Waals surface area contributed by atoms with E-state index in [1.54, 1.807) is 0 Å². The molecule has 8 heavy (non-hydrogen) atoms. The van der Waals surface area contributed by atoms with E-state index in [2.05, 4.69) is 0 Å². The van der Waals surface area contributed by atoms with Gasteiger partial charge in [0, 0.05) is 0 Å². The van der Waals surface area contributed by atoms with Crippen molar-refractivity contribution in [2.75, 3.05) is 0 Å². The SMILES string of the molecule is CC(O)[N](Cl)[Zr]([Cl])[Cl]. The van der Waals surface area contributed by atoms with Crippen molar-refractivity contribution in [1.29, 1.82) is 0 Å². The number of aliphatic hydroxyl groups is 1. The van der Waals surface area contributed by atoms with Gasteiger partial charge in [-0.05, 0) is 0 Å². The maximum absolute atomic E-state index is 8.67. The standard InChI is InChI=1S/C2H5ClNO.2ClH.Zr/c1-2(5)4-3;;;/h2,5H,1H3;2*1H;/q-1;;;+3/p-2. The molecule has 6 heteroatoms. The summed E-state index contributed by atoms with van der Waals surface area (Å²) >= 11 is 2.84. The Hall–Kier alpha value is 1.67. The molecule has 0 aliphatic heterocycles. The average Bonchev–Trinajstić information content (AvgIpc) is 1.64. The van der Waals surface area contributed by atoms with Crippen molar-refractivity contribution < 1.29 is 24.8 Å². The Morgan fingerprint density at radius 2 is 2.00 bits per heavy atom. The molecule has 0 heterocycles. The molecule has 1 N–H and O–H groups in total. The van der Waals surface area contributed by atoms with Crippen LogP contribution < -0.4 is 0 Å². The first-order valence-electron chi connectivity index (χ1n) is 1.86. The summed E-state index contributed by atoms with van der Waals surface area (Å²) in [6.45, 7) is 1.51. The average molecular weight is 257 g/mol. The van der Waals surface area contributed by atoms with Crippen LogP contribution in [0.25, 0.3) is 0 Å². The molecule has 49 valence electrons. The molecule has 0 aromatic carbocycles. The van der Waals surface area contributed by atoms with Crippen LogP contribution in [0.15, 0.2) is 0 Å². The third-order valence-corrected chi connectivity index (χ3v) is 6.66. The fraction of sp³-hybridized carbons (Fsp3) is 1.00. The summed E-state index contributed by atoms with van der Waals surface area (Å²) in [7, 11) is 10.8. The second kappa shape index (κ2) is 4.48. The summed E-state index contributed by atoms with van der Waals surface area (Å²) in [4.78, 5) is 0. The summed E-state index contributed by atoms with van der Waals surface area (Å²) in [5, 5.41) is 8.67. The van der Waals surface area contributed by atoms with Crippen molar-refractivity contribution in [3.05, 3.63) is 0 Å². The molecule has 0 radical (unpaired) electrons. The molecule has 0 rings (SSSR count). The van der Waals surface area contributed by atoms with E-state index < -0.39 is 25.9 Å². The fourth-order valence-electron chi connectivity index (χ4n) is 0.141. The van der Waals surface area contributed by atoms with Crippen LogP contribution in [0.3, 0.4) is 0 Å². The first kappa shape index (κ1) is 9.67. The summed E-state index contributed by atoms with van der Waals surface area (Å²) in [5.74, 6) is 0. The van der Waals surface area contributed by atoms with E-state index in [1.165, 1.54) is 6.92 Å². The van der Waals surface area contributed by atoms with E-state index in [0.717, 1.165) is 2.36 Å². The van der Waals surface area contributed by atoms with Crippen molar-refractivity contribution in [2.45, 2.75) is 13.2 Å². The Balaban J connectivity index is 3.46. The Morgan fingerprint density at radius 3 is 2.00 bits per heavy atom. The van der Waals surface area contributed by atoms with Crippen LogP contribution in [0.4, 0.5) is 0 Å². The molecule has 0 spiro atoms. The monoisotopic (exact) mass is 254 g/mol. The Kier molecular flexibility index (Phi) is 5.42. The van der Waals surface area contributed by atoms with Gasteiger partial charge in [-0.1, -0.05) is 0 Å². The zero-order valence-electron chi connectivity index (χ0n) is 4.11. The van der Waals surface area contributed by atoms with Crippen LogP contribution in [-0.4, -0.2) is 13.7 Å². The van der Waals surface area contributed by atoms with Crippen LogP contribution in [-0.2, 0) is 19.7 Å². The van der Waals surface area contributed by atoms with Crippen molar-refractivity contribution >= 4 is 28.8 Å². The molecule has 1 unspecified atom stereocenters. The van der Waals surface area contributed by atoms with Gasteiger partial charge in [0.05, 0.1) is 0 Å². The quantitative estimate of drug-likeness (QED) is 0.600. The van der Waals surface area contributed by atoms with Gasteiger partial charge in [-0.3, -0.25) is 0 Å². The zero-order valence-corrected chi connectivity index (χ0v) is 8.83. The van der Waals surface area contributed by atoms with Crippen LogP contribution in [0.5, 0.6) is 0 Å². The van der Waals surface area contributed by atoms with E-state index in [9.17, 15) is 0 Å². The molecule has 0 amide bonds. The zero-order chi connectivity index (χ0) is 6.73. The number of hydrogen-bond acceptors (Lipinski definition) is 2. The van der Waals surface area contributed by atoms with Crippen LogP contribution in [0, 0.1) is 0 Å². The van der Waals surface area contributed by atoms with Crippen LogP contribution in [0.1, 0.15) is 6.92 Å². The predicted octanol–water partition coefficient (Wildman–Crippen LogP) is 1.62. The second-order valence-electron chi connectivity index (χ2n) is 1.18. The molecule has 0 aliphatic rings. The van der Waals surface area contributed by atoms with E-state index in [0.29, 0.717) is 0 Å². The molecule has 2 nitrogen and oxygen atoms in total. The van der Waals surface area contributed by atoms with E-state index in [4.69, 9.17) is 33.9 Å². The molecule has 0 aliphatic carbocycles. The summed E-state index contributed by atoms with van der Waals surface area (Å²) < 4.78 is 1.09. The van der Waals surface area contributed by atoms with Gasteiger partial charge in [0.25, 0.3) is 0 Å². The number of rotatable bonds is 2. The Labute approximate surface area is 68.6 Å². The van der Waals surface area contributed by atoms with Gasteiger partial charge in [-0.25, -0.2) is 0 Å². The molecule has 1 atom stereocenters. The number of hydrogen-bond donors (Lipinski definition) is 1. The summed E-state index contributed by atoms with van der Waals surface area (Å²) in [5.41, 5.74) is 0. The maximum atomic E-state index is 8.67. The van der Waals surface area contributed by atoms with Crippen molar-refractivity contribution in [2.24, 2.45) is 0 Å². The predicted molar refractivity (Wildman–Crippen MR) is 31.1 cm³/mol. The van der Waals surface area contributed by atoms with Crippen molar-refractivity contribution in [1.82, 2.24) is 2.36 Å². The molecule has 0 bridgehead atoms. The van der Waals surface area contributed by atoms with Gasteiger partial charge in [0.2, 0.25) is 0 Å². The topological polar surface area (TPSA) is 23.5 Å². The minimum atomic E-state index is -2.51. The number of aliphatic hydroxyl groups excluding tert-OH is 1. The fourth-order valence-corrected chi connectivity index (χ4v) is 2.51. The molecule has 0 aromatic heterocycles. The van der Waals surface area contributed by atoms with Gasteiger partial charge >= 0.3 is 69.1 Å².